The number of aromatic nitrogens is 2. The Balaban J connectivity index is 1.59. The molecule has 2 N–H and O–H groups in total. The van der Waals surface area contributed by atoms with Gasteiger partial charge in [-0.2, -0.15) is 5.10 Å². The van der Waals surface area contributed by atoms with E-state index in [9.17, 15) is 18.4 Å². The molecule has 5 rings (SSSR count). The number of hydrogen-bond donors (Lipinski definition) is 2. The van der Waals surface area contributed by atoms with Crippen LogP contribution in [0.4, 0.5) is 14.5 Å². The molecule has 0 fully saturated rings. The number of nitrogens with one attached hydrogen (secondary N) is 2. The van der Waals surface area contributed by atoms with Crippen LogP contribution in [0.15, 0.2) is 54.7 Å². The van der Waals surface area contributed by atoms with Crippen molar-refractivity contribution in [1.29, 1.82) is 0 Å². The van der Waals surface area contributed by atoms with Gasteiger partial charge in [0, 0.05) is 52.1 Å². The molecule has 0 aliphatic carbocycles. The van der Waals surface area contributed by atoms with E-state index in [0.29, 0.717) is 33.3 Å². The molecule has 6 nitrogen and oxygen atoms in total. The number of nitrogens with zero attached hydrogens (tertiary/aromatic N) is 2. The quantitative estimate of drug-likeness (QED) is 0.477. The van der Waals surface area contributed by atoms with Gasteiger partial charge in [0.15, 0.2) is 0 Å². The summed E-state index contributed by atoms with van der Waals surface area (Å²) in [6, 6.07) is 10.3. The number of benzene rings is 3. The van der Waals surface area contributed by atoms with Crippen LogP contribution in [0.5, 0.6) is 0 Å². The normalized spacial score (nSPS) is 15.0. The lowest BCUT2D eigenvalue weighted by Crippen LogP contribution is -2.21. The number of amides is 2. The number of halogens is 3. The lowest BCUT2D eigenvalue weighted by Gasteiger charge is -2.18. The molecule has 2 heterocycles. The minimum Gasteiger partial charge on any atom is -0.341 e. The summed E-state index contributed by atoms with van der Waals surface area (Å²) in [5.41, 5.74) is 1.93. The number of anilines is 1. The Labute approximate surface area is 185 Å². The Bertz CT molecular complexity index is 1430. The third kappa shape index (κ3) is 3.29. The summed E-state index contributed by atoms with van der Waals surface area (Å²) in [6.07, 6.45) is 1.62. The molecule has 3 aromatic carbocycles. The molecule has 0 saturated carbocycles. The van der Waals surface area contributed by atoms with Gasteiger partial charge in [-0.25, -0.2) is 8.78 Å². The van der Waals surface area contributed by atoms with E-state index < -0.39 is 23.6 Å². The third-order valence-corrected chi connectivity index (χ3v) is 5.73. The SMILES string of the molecule is Cn1cc2c(C(=O)Nc3cccc4c3C(c3cc(F)ccc3Cl)NC4=O)cc(F)cc2n1. The number of rotatable bonds is 3. The molecule has 4 aromatic rings. The van der Waals surface area contributed by atoms with Gasteiger partial charge in [0.2, 0.25) is 0 Å². The zero-order valence-electron chi connectivity index (χ0n) is 16.6. The molecule has 1 atom stereocenters. The van der Waals surface area contributed by atoms with Gasteiger partial charge in [-0.05, 0) is 36.4 Å². The second-order valence-corrected chi connectivity index (χ2v) is 7.89. The summed E-state index contributed by atoms with van der Waals surface area (Å²) in [5, 5.41) is 10.5. The van der Waals surface area contributed by atoms with Gasteiger partial charge < -0.3 is 10.6 Å². The van der Waals surface area contributed by atoms with Gasteiger partial charge >= 0.3 is 0 Å². The zero-order valence-corrected chi connectivity index (χ0v) is 17.4. The molecule has 1 aliphatic heterocycles. The molecule has 2 amide bonds. The highest BCUT2D eigenvalue weighted by molar-refractivity contribution is 6.31. The first kappa shape index (κ1) is 20.1. The van der Waals surface area contributed by atoms with Crippen molar-refractivity contribution in [1.82, 2.24) is 15.1 Å². The first-order valence-electron chi connectivity index (χ1n) is 9.65. The first-order valence-corrected chi connectivity index (χ1v) is 10.0. The van der Waals surface area contributed by atoms with Gasteiger partial charge in [-0.1, -0.05) is 17.7 Å². The topological polar surface area (TPSA) is 76.0 Å². The molecule has 0 spiro atoms. The van der Waals surface area contributed by atoms with E-state index >= 15 is 0 Å². The first-order chi connectivity index (χ1) is 15.3. The highest BCUT2D eigenvalue weighted by atomic mass is 35.5. The highest BCUT2D eigenvalue weighted by Crippen LogP contribution is 2.39. The standard InChI is InChI=1S/C23H15ClF2N4O2/c1-30-10-16-14(8-12(26)9-19(16)29-30)23(32)27-18-4-2-3-13-20(18)21(28-22(13)31)15-7-11(25)5-6-17(15)24/h2-10,21H,1H3,(H,27,32)(H,28,31). The summed E-state index contributed by atoms with van der Waals surface area (Å²) in [6.45, 7) is 0. The fraction of sp³-hybridized carbons (Fsp3) is 0.0870. The van der Waals surface area contributed by atoms with Gasteiger partial charge in [0.25, 0.3) is 11.8 Å². The molecule has 0 bridgehead atoms. The largest absolute Gasteiger partial charge is 0.341 e. The fourth-order valence-corrected chi connectivity index (χ4v) is 4.25. The van der Waals surface area contributed by atoms with Crippen molar-refractivity contribution < 1.29 is 18.4 Å². The molecule has 0 saturated heterocycles. The van der Waals surface area contributed by atoms with E-state index in [1.54, 1.807) is 31.4 Å². The van der Waals surface area contributed by atoms with Crippen molar-refractivity contribution in [3.05, 3.63) is 93.6 Å². The van der Waals surface area contributed by atoms with Crippen LogP contribution in [0.25, 0.3) is 10.9 Å². The van der Waals surface area contributed by atoms with Crippen LogP contribution in [-0.2, 0) is 7.05 Å². The molecule has 160 valence electrons. The van der Waals surface area contributed by atoms with Crippen LogP contribution in [-0.4, -0.2) is 21.6 Å². The number of hydrogen-bond acceptors (Lipinski definition) is 3. The van der Waals surface area contributed by atoms with Crippen molar-refractivity contribution in [3.8, 4) is 0 Å². The molecule has 32 heavy (non-hydrogen) atoms. The van der Waals surface area contributed by atoms with Crippen molar-refractivity contribution in [3.63, 3.8) is 0 Å². The average molecular weight is 453 g/mol. The summed E-state index contributed by atoms with van der Waals surface area (Å²) < 4.78 is 29.5. The second kappa shape index (κ2) is 7.42. The molecule has 1 aliphatic rings. The summed E-state index contributed by atoms with van der Waals surface area (Å²) in [4.78, 5) is 25.7. The lowest BCUT2D eigenvalue weighted by atomic mass is 9.96. The van der Waals surface area contributed by atoms with Gasteiger partial charge in [0.1, 0.15) is 11.6 Å². The minimum absolute atomic E-state index is 0.100. The maximum atomic E-state index is 14.1. The molecular formula is C23H15ClF2N4O2. The molecule has 1 unspecified atom stereocenters. The van der Waals surface area contributed by atoms with Crippen LogP contribution >= 0.6 is 11.6 Å². The average Bonchev–Trinajstić information content (AvgIpc) is 3.29. The Morgan fingerprint density at radius 3 is 2.78 bits per heavy atom. The monoisotopic (exact) mass is 452 g/mol. The van der Waals surface area contributed by atoms with E-state index in [1.165, 1.54) is 28.9 Å². The van der Waals surface area contributed by atoms with E-state index in [2.05, 4.69) is 15.7 Å². The van der Waals surface area contributed by atoms with Crippen LogP contribution in [0, 0.1) is 11.6 Å². The Kier molecular flexibility index (Phi) is 4.67. The van der Waals surface area contributed by atoms with Gasteiger partial charge in [-0.15, -0.1) is 0 Å². The summed E-state index contributed by atoms with van der Waals surface area (Å²) in [7, 11) is 1.67. The zero-order chi connectivity index (χ0) is 22.6. The summed E-state index contributed by atoms with van der Waals surface area (Å²) >= 11 is 6.27. The smallest absolute Gasteiger partial charge is 0.256 e. The highest BCUT2D eigenvalue weighted by Gasteiger charge is 2.34. The third-order valence-electron chi connectivity index (χ3n) is 5.38. The van der Waals surface area contributed by atoms with Crippen molar-refractivity contribution in [2.24, 2.45) is 7.05 Å². The number of fused-ring (bicyclic) bond motifs is 2. The Hall–Kier alpha value is -3.78. The number of carbonyl (C=O) groups is 2. The van der Waals surface area contributed by atoms with Gasteiger partial charge in [0.05, 0.1) is 17.1 Å². The predicted molar refractivity (Wildman–Crippen MR) is 116 cm³/mol. The fourth-order valence-electron chi connectivity index (χ4n) is 4.02. The Morgan fingerprint density at radius 1 is 1.16 bits per heavy atom. The van der Waals surface area contributed by atoms with Crippen molar-refractivity contribution in [2.45, 2.75) is 6.04 Å². The minimum atomic E-state index is -0.761. The number of aryl methyl sites for hydroxylation is 1. The van der Waals surface area contributed by atoms with E-state index in [4.69, 9.17) is 11.6 Å². The van der Waals surface area contributed by atoms with Crippen LogP contribution in [0.1, 0.15) is 37.9 Å². The molecule has 1 aromatic heterocycles. The van der Waals surface area contributed by atoms with E-state index in [-0.39, 0.29) is 16.5 Å². The Morgan fingerprint density at radius 2 is 1.97 bits per heavy atom. The maximum absolute atomic E-state index is 14.1. The van der Waals surface area contributed by atoms with E-state index in [0.717, 1.165) is 6.07 Å². The van der Waals surface area contributed by atoms with Gasteiger partial charge in [-0.3, -0.25) is 14.3 Å². The van der Waals surface area contributed by atoms with Crippen LogP contribution < -0.4 is 10.6 Å². The molecular weight excluding hydrogens is 438 g/mol. The molecule has 9 heteroatoms. The maximum Gasteiger partial charge on any atom is 0.256 e. The van der Waals surface area contributed by atoms with E-state index in [1.807, 2.05) is 0 Å². The predicted octanol–water partition coefficient (Wildman–Crippen LogP) is 4.59. The summed E-state index contributed by atoms with van der Waals surface area (Å²) in [5.74, 6) is -2.05. The van der Waals surface area contributed by atoms with Crippen LogP contribution in [0.3, 0.4) is 0 Å². The second-order valence-electron chi connectivity index (χ2n) is 7.48. The van der Waals surface area contributed by atoms with Crippen LogP contribution in [0.2, 0.25) is 5.02 Å². The molecule has 0 radical (unpaired) electrons. The van der Waals surface area contributed by atoms with Crippen molar-refractivity contribution >= 4 is 40.0 Å². The van der Waals surface area contributed by atoms with Crippen molar-refractivity contribution in [2.75, 3.05) is 5.32 Å². The lowest BCUT2D eigenvalue weighted by molar-refractivity contribution is 0.0959. The number of carbonyl (C=O) groups excluding carboxylic acids is 2.